The molecule has 7 nitrogen and oxygen atoms in total. The van der Waals surface area contributed by atoms with Crippen LogP contribution in [0.25, 0.3) is 10.8 Å². The monoisotopic (exact) mass is 495 g/mol. The molecule has 4 atom stereocenters. The first kappa shape index (κ1) is 25.1. The van der Waals surface area contributed by atoms with Crippen LogP contribution in [0.5, 0.6) is 0 Å². The molecule has 1 heterocycles. The maximum Gasteiger partial charge on any atom is 0.322 e. The van der Waals surface area contributed by atoms with Crippen molar-refractivity contribution in [2.75, 3.05) is 7.11 Å². The lowest BCUT2D eigenvalue weighted by molar-refractivity contribution is -0.141. The van der Waals surface area contributed by atoms with Crippen molar-refractivity contribution >= 4 is 26.8 Å². The first-order valence-corrected chi connectivity index (χ1v) is 12.9. The average molecular weight is 496 g/mol. The van der Waals surface area contributed by atoms with Crippen LogP contribution in [0.1, 0.15) is 30.1 Å². The van der Waals surface area contributed by atoms with E-state index in [1.807, 2.05) is 42.5 Å². The zero-order valence-electron chi connectivity index (χ0n) is 19.5. The number of fused-ring (bicyclic) bond motifs is 1. The Hall–Kier alpha value is -3.04. The van der Waals surface area contributed by atoms with Crippen molar-refractivity contribution in [2.24, 2.45) is 5.92 Å². The van der Waals surface area contributed by atoms with Gasteiger partial charge in [0.2, 0.25) is 10.0 Å². The molecule has 2 unspecified atom stereocenters. The van der Waals surface area contributed by atoms with Crippen LogP contribution in [0.3, 0.4) is 0 Å². The molecule has 3 aromatic carbocycles. The van der Waals surface area contributed by atoms with E-state index in [1.165, 1.54) is 12.1 Å². The van der Waals surface area contributed by atoms with Gasteiger partial charge in [-0.3, -0.25) is 4.79 Å². The van der Waals surface area contributed by atoms with Gasteiger partial charge in [0.1, 0.15) is 6.04 Å². The summed E-state index contributed by atoms with van der Waals surface area (Å²) < 4.78 is 40.0. The van der Waals surface area contributed by atoms with Gasteiger partial charge in [-0.1, -0.05) is 60.7 Å². The van der Waals surface area contributed by atoms with Crippen molar-refractivity contribution in [1.29, 1.82) is 0 Å². The lowest BCUT2D eigenvalue weighted by Gasteiger charge is -2.24. The number of sulfonamides is 1. The first-order chi connectivity index (χ1) is 16.8. The van der Waals surface area contributed by atoms with Gasteiger partial charge >= 0.3 is 5.97 Å². The van der Waals surface area contributed by atoms with E-state index in [9.17, 15) is 18.3 Å². The predicted molar refractivity (Wildman–Crippen MR) is 133 cm³/mol. The molecule has 1 aliphatic heterocycles. The summed E-state index contributed by atoms with van der Waals surface area (Å²) in [5.74, 6) is -1.83. The number of carboxylic acid groups (broad SMARTS) is 1. The van der Waals surface area contributed by atoms with Gasteiger partial charge in [0, 0.05) is 13.0 Å². The molecule has 0 amide bonds. The third-order valence-electron chi connectivity index (χ3n) is 6.39. The third-order valence-corrected chi connectivity index (χ3v) is 7.85. The molecule has 1 aliphatic rings. The summed E-state index contributed by atoms with van der Waals surface area (Å²) in [5.41, 5.74) is 1.77. The highest BCUT2D eigenvalue weighted by Gasteiger charge is 2.44. The van der Waals surface area contributed by atoms with Gasteiger partial charge in [-0.2, -0.15) is 4.72 Å². The van der Waals surface area contributed by atoms with E-state index < -0.39 is 34.1 Å². The highest BCUT2D eigenvalue weighted by atomic mass is 32.2. The summed E-state index contributed by atoms with van der Waals surface area (Å²) in [6.45, 7) is 4.13. The quantitative estimate of drug-likeness (QED) is 0.403. The molecule has 1 fully saturated rings. The number of hydrogen-bond donors (Lipinski definition) is 2. The zero-order valence-corrected chi connectivity index (χ0v) is 20.3. The molecule has 0 saturated carbocycles. The number of benzene rings is 3. The molecule has 0 aliphatic carbocycles. The number of methoxy groups -OCH3 is 1. The van der Waals surface area contributed by atoms with E-state index in [4.69, 9.17) is 9.47 Å². The van der Waals surface area contributed by atoms with Gasteiger partial charge in [-0.05, 0) is 46.9 Å². The van der Waals surface area contributed by atoms with Gasteiger partial charge < -0.3 is 14.6 Å². The summed E-state index contributed by atoms with van der Waals surface area (Å²) in [6.07, 6.45) is 1.58. The van der Waals surface area contributed by atoms with Crippen molar-refractivity contribution < 1.29 is 27.8 Å². The molecule has 0 spiro atoms. The Bertz CT molecular complexity index is 1300. The molecule has 1 saturated heterocycles. The van der Waals surface area contributed by atoms with Crippen LogP contribution in [0.4, 0.5) is 0 Å². The van der Waals surface area contributed by atoms with Gasteiger partial charge in [0.25, 0.3) is 0 Å². The maximum atomic E-state index is 13.1. The standard InChI is InChI=1S/C27H29NO6S/c1-3-7-24-23(16-25(34-24)22-11-6-9-19-8-4-5-10-21(19)22)26(27(29)30)28-35(31,32)20-14-12-18(13-15-20)17-33-2/h3-6,8-15,23-26,28H,1,7,16-17H2,2H3,(H,29,30)/t23-,24-,25?,26?/m0/s1. The molecule has 0 aromatic heterocycles. The van der Waals surface area contributed by atoms with Crippen molar-refractivity contribution in [2.45, 2.75) is 42.6 Å². The Balaban J connectivity index is 1.62. The second-order valence-electron chi connectivity index (χ2n) is 8.67. The molecule has 2 N–H and O–H groups in total. The lowest BCUT2D eigenvalue weighted by atomic mass is 9.88. The van der Waals surface area contributed by atoms with Crippen molar-refractivity contribution in [1.82, 2.24) is 4.72 Å². The number of ether oxygens (including phenoxy) is 2. The van der Waals surface area contributed by atoms with Crippen LogP contribution in [-0.4, -0.2) is 38.7 Å². The topological polar surface area (TPSA) is 102 Å². The van der Waals surface area contributed by atoms with Crippen LogP contribution in [0.2, 0.25) is 0 Å². The number of carbonyl (C=O) groups is 1. The van der Waals surface area contributed by atoms with Gasteiger partial charge in [-0.25, -0.2) is 8.42 Å². The minimum Gasteiger partial charge on any atom is -0.480 e. The van der Waals surface area contributed by atoms with Crippen LogP contribution in [0, 0.1) is 5.92 Å². The van der Waals surface area contributed by atoms with E-state index in [2.05, 4.69) is 11.3 Å². The number of hydrogen-bond acceptors (Lipinski definition) is 5. The van der Waals surface area contributed by atoms with E-state index in [0.29, 0.717) is 19.4 Å². The van der Waals surface area contributed by atoms with Crippen LogP contribution in [-0.2, 0) is 30.9 Å². The Morgan fingerprint density at radius 2 is 1.89 bits per heavy atom. The molecular formula is C27H29NO6S. The highest BCUT2D eigenvalue weighted by Crippen LogP contribution is 2.42. The Labute approximate surface area is 205 Å². The van der Waals surface area contributed by atoms with Crippen molar-refractivity contribution in [3.63, 3.8) is 0 Å². The van der Waals surface area contributed by atoms with E-state index in [-0.39, 0.29) is 11.0 Å². The molecule has 0 bridgehead atoms. The number of nitrogens with one attached hydrogen (secondary N) is 1. The largest absolute Gasteiger partial charge is 0.480 e. The number of carboxylic acids is 1. The minimum absolute atomic E-state index is 0.00612. The summed E-state index contributed by atoms with van der Waals surface area (Å²) in [5, 5.41) is 12.1. The second kappa shape index (κ2) is 10.7. The highest BCUT2D eigenvalue weighted by molar-refractivity contribution is 7.89. The van der Waals surface area contributed by atoms with E-state index in [1.54, 1.807) is 25.3 Å². The predicted octanol–water partition coefficient (Wildman–Crippen LogP) is 4.44. The summed E-state index contributed by atoms with van der Waals surface area (Å²) in [4.78, 5) is 12.3. The van der Waals surface area contributed by atoms with Crippen LogP contribution >= 0.6 is 0 Å². The number of rotatable bonds is 10. The van der Waals surface area contributed by atoms with Crippen LogP contribution < -0.4 is 4.72 Å². The summed E-state index contributed by atoms with van der Waals surface area (Å²) >= 11 is 0. The fourth-order valence-electron chi connectivity index (χ4n) is 4.73. The average Bonchev–Trinajstić information content (AvgIpc) is 3.26. The second-order valence-corrected chi connectivity index (χ2v) is 10.4. The van der Waals surface area contributed by atoms with Crippen molar-refractivity contribution in [3.05, 3.63) is 90.5 Å². The van der Waals surface area contributed by atoms with Gasteiger partial charge in [0.15, 0.2) is 0 Å². The Morgan fingerprint density at radius 3 is 2.57 bits per heavy atom. The summed E-state index contributed by atoms with van der Waals surface area (Å²) in [6, 6.07) is 18.7. The van der Waals surface area contributed by atoms with E-state index >= 15 is 0 Å². The molecule has 3 aromatic rings. The molecule has 4 rings (SSSR count). The van der Waals surface area contributed by atoms with Gasteiger partial charge in [0.05, 0.1) is 23.7 Å². The smallest absolute Gasteiger partial charge is 0.322 e. The zero-order chi connectivity index (χ0) is 25.0. The SMILES string of the molecule is C=CC[C@@H]1OC(c2cccc3ccccc23)C[C@@H]1C(NS(=O)(=O)c1ccc(COC)cc1)C(=O)O. The lowest BCUT2D eigenvalue weighted by Crippen LogP contribution is -2.48. The van der Waals surface area contributed by atoms with Gasteiger partial charge in [-0.15, -0.1) is 6.58 Å². The molecular weight excluding hydrogens is 466 g/mol. The molecule has 184 valence electrons. The fraction of sp³-hybridized carbons (Fsp3) is 0.296. The fourth-order valence-corrected chi connectivity index (χ4v) is 5.97. The maximum absolute atomic E-state index is 13.1. The van der Waals surface area contributed by atoms with E-state index in [0.717, 1.165) is 21.9 Å². The minimum atomic E-state index is -4.08. The number of aliphatic carboxylic acids is 1. The molecule has 8 heteroatoms. The Morgan fingerprint density at radius 1 is 1.17 bits per heavy atom. The molecule has 0 radical (unpaired) electrons. The third kappa shape index (κ3) is 5.46. The Kier molecular flexibility index (Phi) is 7.66. The molecule has 35 heavy (non-hydrogen) atoms. The first-order valence-electron chi connectivity index (χ1n) is 11.4. The summed E-state index contributed by atoms with van der Waals surface area (Å²) in [7, 11) is -2.53. The van der Waals surface area contributed by atoms with Crippen molar-refractivity contribution in [3.8, 4) is 0 Å². The normalized spacial score (nSPS) is 21.1. The van der Waals surface area contributed by atoms with Crippen LogP contribution in [0.15, 0.2) is 84.3 Å².